The highest BCUT2D eigenvalue weighted by Gasteiger charge is 2.33. The molecule has 0 saturated carbocycles. The molecule has 4 aromatic rings. The van der Waals surface area contributed by atoms with E-state index in [0.717, 1.165) is 11.1 Å². The second-order valence-corrected chi connectivity index (χ2v) is 10.7. The van der Waals surface area contributed by atoms with Crippen LogP contribution in [0, 0.1) is 6.92 Å². The van der Waals surface area contributed by atoms with Crippen LogP contribution in [-0.2, 0) is 23.8 Å². The summed E-state index contributed by atoms with van der Waals surface area (Å²) in [5.41, 5.74) is 3.11. The summed E-state index contributed by atoms with van der Waals surface area (Å²) in [7, 11) is -1.95. The van der Waals surface area contributed by atoms with E-state index in [-0.39, 0.29) is 43.7 Å². The number of carbonyl (C=O) groups excluding carboxylic acids is 1. The van der Waals surface area contributed by atoms with Crippen LogP contribution < -0.4 is 4.74 Å². The van der Waals surface area contributed by atoms with Gasteiger partial charge in [0.2, 0.25) is 10.0 Å². The fourth-order valence-electron chi connectivity index (χ4n) is 4.23. The Morgan fingerprint density at radius 3 is 2.27 bits per heavy atom. The topological polar surface area (TPSA) is 103 Å². The zero-order valence-corrected chi connectivity index (χ0v) is 21.5. The minimum absolute atomic E-state index is 0.161. The van der Waals surface area contributed by atoms with Crippen LogP contribution in [0.3, 0.4) is 0 Å². The lowest BCUT2D eigenvalue weighted by molar-refractivity contribution is 0.0690. The number of benzene rings is 2. The molecule has 0 unspecified atom stereocenters. The maximum atomic E-state index is 13.0. The molecule has 0 bridgehead atoms. The molecule has 37 heavy (non-hydrogen) atoms. The van der Waals surface area contributed by atoms with Crippen LogP contribution >= 0.6 is 0 Å². The van der Waals surface area contributed by atoms with Gasteiger partial charge in [-0.05, 0) is 36.2 Å². The smallest absolute Gasteiger partial charge is 0.274 e. The largest absolute Gasteiger partial charge is 0.471 e. The molecule has 1 fully saturated rings. The van der Waals surface area contributed by atoms with E-state index >= 15 is 0 Å². The first-order chi connectivity index (χ1) is 17.8. The summed E-state index contributed by atoms with van der Waals surface area (Å²) in [6.45, 7) is 2.88. The second-order valence-electron chi connectivity index (χ2n) is 8.82. The summed E-state index contributed by atoms with van der Waals surface area (Å²) in [5, 5.41) is 8.39. The van der Waals surface area contributed by atoms with Crippen molar-refractivity contribution in [1.82, 2.24) is 28.8 Å². The number of hydrogen-bond acceptors (Lipinski definition) is 6. The van der Waals surface area contributed by atoms with E-state index < -0.39 is 10.0 Å². The van der Waals surface area contributed by atoms with Gasteiger partial charge in [-0.2, -0.15) is 14.5 Å². The predicted octanol–water partition coefficient (Wildman–Crippen LogP) is 2.78. The highest BCUT2D eigenvalue weighted by molar-refractivity contribution is 7.89. The number of nitrogens with zero attached hydrogens (tertiary/aromatic N) is 6. The molecule has 1 amide bonds. The lowest BCUT2D eigenvalue weighted by Gasteiger charge is -2.33. The van der Waals surface area contributed by atoms with Crippen LogP contribution in [0.15, 0.2) is 78.0 Å². The summed E-state index contributed by atoms with van der Waals surface area (Å²) < 4.78 is 36.3. The van der Waals surface area contributed by atoms with E-state index in [9.17, 15) is 13.2 Å². The highest BCUT2D eigenvalue weighted by Crippen LogP contribution is 2.23. The van der Waals surface area contributed by atoms with Gasteiger partial charge in [0.15, 0.2) is 12.4 Å². The van der Waals surface area contributed by atoms with Crippen LogP contribution in [0.2, 0.25) is 0 Å². The zero-order valence-electron chi connectivity index (χ0n) is 20.7. The standard InChI is InChI=1S/C26H28N6O4S/c1-20-25(18-27-29(20)2)37(34,35)32-16-14-30(15-17-32)26(33)24-12-13-31(28-24)19-36-23-10-8-22(9-11-23)21-6-4-3-5-7-21/h3-13,18H,14-17,19H2,1-2H3. The van der Waals surface area contributed by atoms with Gasteiger partial charge in [-0.1, -0.05) is 42.5 Å². The average molecular weight is 521 g/mol. The fraction of sp³-hybridized carbons (Fsp3) is 0.269. The minimum atomic E-state index is -3.66. The second kappa shape index (κ2) is 10.2. The first kappa shape index (κ1) is 24.7. The van der Waals surface area contributed by atoms with Crippen molar-refractivity contribution < 1.29 is 17.9 Å². The molecule has 5 rings (SSSR count). The van der Waals surface area contributed by atoms with Crippen molar-refractivity contribution in [2.24, 2.45) is 7.05 Å². The van der Waals surface area contributed by atoms with Gasteiger partial charge in [0.05, 0.1) is 11.9 Å². The number of rotatable bonds is 7. The Bertz CT molecular complexity index is 1490. The van der Waals surface area contributed by atoms with Gasteiger partial charge >= 0.3 is 0 Å². The number of piperazine rings is 1. The molecule has 1 aliphatic heterocycles. The molecule has 1 saturated heterocycles. The van der Waals surface area contributed by atoms with Crippen LogP contribution in [0.25, 0.3) is 11.1 Å². The van der Waals surface area contributed by atoms with Crippen molar-refractivity contribution in [2.45, 2.75) is 18.6 Å². The molecular formula is C26H28N6O4S. The molecule has 0 radical (unpaired) electrons. The lowest BCUT2D eigenvalue weighted by atomic mass is 10.1. The third-order valence-corrected chi connectivity index (χ3v) is 8.52. The van der Waals surface area contributed by atoms with Gasteiger partial charge in [0, 0.05) is 39.4 Å². The Morgan fingerprint density at radius 2 is 1.62 bits per heavy atom. The molecule has 0 atom stereocenters. The molecule has 3 heterocycles. The van der Waals surface area contributed by atoms with Crippen molar-refractivity contribution >= 4 is 15.9 Å². The van der Waals surface area contributed by atoms with Crippen molar-refractivity contribution in [2.75, 3.05) is 26.2 Å². The monoisotopic (exact) mass is 520 g/mol. The number of aryl methyl sites for hydroxylation is 1. The Kier molecular flexibility index (Phi) is 6.81. The van der Waals surface area contributed by atoms with E-state index in [2.05, 4.69) is 22.3 Å². The Balaban J connectivity index is 1.15. The quantitative estimate of drug-likeness (QED) is 0.371. The number of sulfonamides is 1. The maximum Gasteiger partial charge on any atom is 0.274 e. The Hall–Kier alpha value is -3.96. The zero-order chi connectivity index (χ0) is 26.0. The molecule has 0 N–H and O–H groups in total. The van der Waals surface area contributed by atoms with Crippen LogP contribution in [0.5, 0.6) is 5.75 Å². The molecule has 2 aromatic carbocycles. The Labute approximate surface area is 215 Å². The average Bonchev–Trinajstić information content (AvgIpc) is 3.54. The summed E-state index contributed by atoms with van der Waals surface area (Å²) in [4.78, 5) is 14.8. The molecule has 10 nitrogen and oxygen atoms in total. The van der Waals surface area contributed by atoms with Crippen molar-refractivity contribution in [3.8, 4) is 16.9 Å². The van der Waals surface area contributed by atoms with Gasteiger partial charge in [-0.15, -0.1) is 0 Å². The molecule has 192 valence electrons. The lowest BCUT2D eigenvalue weighted by Crippen LogP contribution is -2.50. The summed E-state index contributed by atoms with van der Waals surface area (Å²) >= 11 is 0. The number of ether oxygens (including phenoxy) is 1. The fourth-order valence-corrected chi connectivity index (χ4v) is 5.83. The first-order valence-corrected chi connectivity index (χ1v) is 13.4. The normalized spacial score (nSPS) is 14.6. The molecular weight excluding hydrogens is 492 g/mol. The molecule has 0 aliphatic carbocycles. The maximum absolute atomic E-state index is 13.0. The van der Waals surface area contributed by atoms with Gasteiger partial charge in [-0.25, -0.2) is 13.1 Å². The molecule has 1 aliphatic rings. The van der Waals surface area contributed by atoms with Gasteiger partial charge in [0.1, 0.15) is 10.6 Å². The van der Waals surface area contributed by atoms with Crippen LogP contribution in [0.1, 0.15) is 16.2 Å². The minimum Gasteiger partial charge on any atom is -0.471 e. The number of carbonyl (C=O) groups is 1. The number of hydrogen-bond donors (Lipinski definition) is 0. The van der Waals surface area contributed by atoms with E-state index in [4.69, 9.17) is 4.74 Å². The highest BCUT2D eigenvalue weighted by atomic mass is 32.2. The SMILES string of the molecule is Cc1c(S(=O)(=O)N2CCN(C(=O)c3ccn(COc4ccc(-c5ccccc5)cc4)n3)CC2)cnn1C. The molecule has 0 spiro atoms. The van der Waals surface area contributed by atoms with Gasteiger partial charge in [-0.3, -0.25) is 9.48 Å². The Morgan fingerprint density at radius 1 is 0.946 bits per heavy atom. The predicted molar refractivity (Wildman–Crippen MR) is 137 cm³/mol. The summed E-state index contributed by atoms with van der Waals surface area (Å²) in [6.07, 6.45) is 3.06. The van der Waals surface area contributed by atoms with Crippen LogP contribution in [0.4, 0.5) is 0 Å². The van der Waals surface area contributed by atoms with Crippen LogP contribution in [-0.4, -0.2) is 69.3 Å². The third-order valence-electron chi connectivity index (χ3n) is 6.52. The van der Waals surface area contributed by atoms with Gasteiger partial charge < -0.3 is 9.64 Å². The molecule has 11 heteroatoms. The summed E-state index contributed by atoms with van der Waals surface area (Å²) in [6, 6.07) is 19.5. The van der Waals surface area contributed by atoms with Crippen molar-refractivity contribution in [3.63, 3.8) is 0 Å². The first-order valence-electron chi connectivity index (χ1n) is 11.9. The summed E-state index contributed by atoms with van der Waals surface area (Å²) in [5.74, 6) is 0.463. The number of aromatic nitrogens is 4. The van der Waals surface area contributed by atoms with Crippen molar-refractivity contribution in [1.29, 1.82) is 0 Å². The third kappa shape index (κ3) is 5.13. The van der Waals surface area contributed by atoms with E-state index in [1.54, 1.807) is 35.8 Å². The number of amides is 1. The van der Waals surface area contributed by atoms with E-state index in [1.165, 1.54) is 15.2 Å². The van der Waals surface area contributed by atoms with Crippen molar-refractivity contribution in [3.05, 3.63) is 84.4 Å². The molecule has 2 aromatic heterocycles. The van der Waals surface area contributed by atoms with E-state index in [1.807, 2.05) is 42.5 Å². The van der Waals surface area contributed by atoms with Gasteiger partial charge in [0.25, 0.3) is 5.91 Å². The van der Waals surface area contributed by atoms with E-state index in [0.29, 0.717) is 17.1 Å².